The van der Waals surface area contributed by atoms with Crippen LogP contribution < -0.4 is 0 Å². The molecule has 3 nitrogen and oxygen atoms in total. The van der Waals surface area contributed by atoms with Crippen LogP contribution in [-0.4, -0.2) is 22.7 Å². The largest absolute Gasteiger partial charge is 0.452 e. The molecule has 1 atom stereocenters. The fourth-order valence-electron chi connectivity index (χ4n) is 1.24. The molecule has 0 fully saturated rings. The van der Waals surface area contributed by atoms with Crippen LogP contribution in [0, 0.1) is 5.92 Å². The number of hydrogen-bond acceptors (Lipinski definition) is 2. The van der Waals surface area contributed by atoms with Crippen LogP contribution in [0.3, 0.4) is 0 Å². The highest BCUT2D eigenvalue weighted by Gasteiger charge is 2.22. The molecule has 0 radical (unpaired) electrons. The van der Waals surface area contributed by atoms with Crippen molar-refractivity contribution in [2.24, 2.45) is 5.92 Å². The Labute approximate surface area is 112 Å². The number of halogens is 2. The number of alkyl halides is 1. The lowest BCUT2D eigenvalue weighted by Crippen LogP contribution is -2.35. The molecule has 1 rings (SSSR count). The second kappa shape index (κ2) is 5.87. The van der Waals surface area contributed by atoms with Gasteiger partial charge in [0.15, 0.2) is 4.67 Å². The van der Waals surface area contributed by atoms with Gasteiger partial charge in [0.1, 0.15) is 5.76 Å². The third kappa shape index (κ3) is 3.63. The molecular weight excluding hydrogens is 338 g/mol. The maximum atomic E-state index is 11.9. The minimum Gasteiger partial charge on any atom is -0.452 e. The van der Waals surface area contributed by atoms with Crippen LogP contribution in [0.1, 0.15) is 19.6 Å². The summed E-state index contributed by atoms with van der Waals surface area (Å²) in [6.45, 7) is 4.50. The van der Waals surface area contributed by atoms with E-state index in [2.05, 4.69) is 31.9 Å². The summed E-state index contributed by atoms with van der Waals surface area (Å²) in [5.74, 6) is 1.12. The Kier molecular flexibility index (Phi) is 5.05. The van der Waals surface area contributed by atoms with Gasteiger partial charge in [0.2, 0.25) is 5.91 Å². The van der Waals surface area contributed by atoms with E-state index >= 15 is 0 Å². The van der Waals surface area contributed by atoms with Gasteiger partial charge in [0, 0.05) is 7.05 Å². The fraction of sp³-hybridized carbons (Fsp3) is 0.545. The SMILES string of the molecule is CC(C)C(Br)C(=O)N(C)Cc1ccc(Br)o1. The summed E-state index contributed by atoms with van der Waals surface area (Å²) in [7, 11) is 1.77. The van der Waals surface area contributed by atoms with Crippen LogP contribution in [0.25, 0.3) is 0 Å². The van der Waals surface area contributed by atoms with E-state index in [9.17, 15) is 4.79 Å². The monoisotopic (exact) mass is 351 g/mol. The van der Waals surface area contributed by atoms with E-state index in [1.165, 1.54) is 0 Å². The lowest BCUT2D eigenvalue weighted by molar-refractivity contribution is -0.130. The van der Waals surface area contributed by atoms with Crippen LogP contribution in [-0.2, 0) is 11.3 Å². The Balaban J connectivity index is 2.58. The van der Waals surface area contributed by atoms with Crippen LogP contribution in [0.5, 0.6) is 0 Å². The van der Waals surface area contributed by atoms with Crippen LogP contribution in [0.4, 0.5) is 0 Å². The standard InChI is InChI=1S/C11H15Br2NO2/c1-7(2)10(13)11(15)14(3)6-8-4-5-9(12)16-8/h4-5,7,10H,6H2,1-3H3. The average Bonchev–Trinajstić information content (AvgIpc) is 2.61. The summed E-state index contributed by atoms with van der Waals surface area (Å²) >= 11 is 6.63. The Bertz CT molecular complexity index is 363. The summed E-state index contributed by atoms with van der Waals surface area (Å²) in [5, 5.41) is 0. The van der Waals surface area contributed by atoms with Gasteiger partial charge >= 0.3 is 0 Å². The third-order valence-electron chi connectivity index (χ3n) is 2.22. The quantitative estimate of drug-likeness (QED) is 0.778. The zero-order valence-corrected chi connectivity index (χ0v) is 12.7. The Morgan fingerprint density at radius 2 is 2.12 bits per heavy atom. The maximum absolute atomic E-state index is 11.9. The van der Waals surface area contributed by atoms with Crippen molar-refractivity contribution >= 4 is 37.8 Å². The summed E-state index contributed by atoms with van der Waals surface area (Å²) in [4.78, 5) is 13.4. The van der Waals surface area contributed by atoms with Crippen LogP contribution in [0.15, 0.2) is 21.2 Å². The molecule has 0 aliphatic carbocycles. The number of rotatable bonds is 4. The molecule has 1 amide bonds. The molecule has 0 aromatic carbocycles. The van der Waals surface area contributed by atoms with Gasteiger partial charge in [-0.2, -0.15) is 0 Å². The van der Waals surface area contributed by atoms with E-state index in [1.807, 2.05) is 26.0 Å². The van der Waals surface area contributed by atoms with Crippen molar-refractivity contribution < 1.29 is 9.21 Å². The number of nitrogens with zero attached hydrogens (tertiary/aromatic N) is 1. The molecule has 16 heavy (non-hydrogen) atoms. The van der Waals surface area contributed by atoms with Crippen molar-refractivity contribution in [3.05, 3.63) is 22.6 Å². The van der Waals surface area contributed by atoms with E-state index in [0.29, 0.717) is 11.2 Å². The highest BCUT2D eigenvalue weighted by atomic mass is 79.9. The average molecular weight is 353 g/mol. The predicted molar refractivity (Wildman–Crippen MR) is 70.4 cm³/mol. The Morgan fingerprint density at radius 3 is 2.56 bits per heavy atom. The maximum Gasteiger partial charge on any atom is 0.236 e. The summed E-state index contributed by atoms with van der Waals surface area (Å²) < 4.78 is 6.03. The van der Waals surface area contributed by atoms with Gasteiger partial charge in [0.25, 0.3) is 0 Å². The number of carbonyl (C=O) groups excluding carboxylic acids is 1. The zero-order chi connectivity index (χ0) is 12.3. The van der Waals surface area contributed by atoms with Crippen molar-refractivity contribution in [2.45, 2.75) is 25.2 Å². The third-order valence-corrected chi connectivity index (χ3v) is 4.09. The number of hydrogen-bond donors (Lipinski definition) is 0. The van der Waals surface area contributed by atoms with Gasteiger partial charge in [-0.25, -0.2) is 0 Å². The normalized spacial score (nSPS) is 12.9. The van der Waals surface area contributed by atoms with Crippen molar-refractivity contribution in [1.29, 1.82) is 0 Å². The van der Waals surface area contributed by atoms with Gasteiger partial charge in [0.05, 0.1) is 11.4 Å². The van der Waals surface area contributed by atoms with Gasteiger partial charge in [-0.05, 0) is 34.0 Å². The zero-order valence-electron chi connectivity index (χ0n) is 9.54. The van der Waals surface area contributed by atoms with Crippen molar-refractivity contribution in [3.63, 3.8) is 0 Å². The van der Waals surface area contributed by atoms with E-state index < -0.39 is 0 Å². The molecule has 1 aromatic rings. The fourth-order valence-corrected chi connectivity index (χ4v) is 1.93. The molecule has 0 N–H and O–H groups in total. The smallest absolute Gasteiger partial charge is 0.236 e. The molecule has 1 aromatic heterocycles. The van der Waals surface area contributed by atoms with Crippen molar-refractivity contribution in [1.82, 2.24) is 4.90 Å². The summed E-state index contributed by atoms with van der Waals surface area (Å²) in [5.41, 5.74) is 0. The number of carbonyl (C=O) groups is 1. The molecule has 0 saturated carbocycles. The molecule has 0 aliphatic rings. The first-order chi connectivity index (χ1) is 7.41. The minimum atomic E-state index is -0.143. The number of furan rings is 1. The molecule has 0 saturated heterocycles. The molecule has 0 aliphatic heterocycles. The van der Waals surface area contributed by atoms with E-state index in [1.54, 1.807) is 11.9 Å². The Morgan fingerprint density at radius 1 is 1.50 bits per heavy atom. The highest BCUT2D eigenvalue weighted by Crippen LogP contribution is 2.18. The first kappa shape index (κ1) is 13.8. The van der Waals surface area contributed by atoms with Crippen molar-refractivity contribution in [2.75, 3.05) is 7.05 Å². The van der Waals surface area contributed by atoms with Crippen LogP contribution >= 0.6 is 31.9 Å². The second-order valence-corrected chi connectivity index (χ2v) is 5.81. The topological polar surface area (TPSA) is 33.5 Å². The molecule has 1 unspecified atom stereocenters. The summed E-state index contributed by atoms with van der Waals surface area (Å²) in [6, 6.07) is 3.67. The molecule has 0 bridgehead atoms. The van der Waals surface area contributed by atoms with Crippen LogP contribution in [0.2, 0.25) is 0 Å². The molecular formula is C11H15Br2NO2. The van der Waals surface area contributed by atoms with E-state index in [-0.39, 0.29) is 16.7 Å². The molecule has 1 heterocycles. The lowest BCUT2D eigenvalue weighted by Gasteiger charge is -2.21. The predicted octanol–water partition coefficient (Wildman–Crippen LogP) is 3.42. The van der Waals surface area contributed by atoms with E-state index in [0.717, 1.165) is 5.76 Å². The van der Waals surface area contributed by atoms with Gasteiger partial charge in [-0.15, -0.1) is 0 Å². The lowest BCUT2D eigenvalue weighted by atomic mass is 10.1. The first-order valence-corrected chi connectivity index (χ1v) is 6.76. The first-order valence-electron chi connectivity index (χ1n) is 5.05. The second-order valence-electron chi connectivity index (χ2n) is 4.05. The highest BCUT2D eigenvalue weighted by molar-refractivity contribution is 9.10. The van der Waals surface area contributed by atoms with E-state index in [4.69, 9.17) is 4.42 Å². The molecule has 5 heteroatoms. The Hall–Kier alpha value is -0.290. The summed E-state index contributed by atoms with van der Waals surface area (Å²) in [6.07, 6.45) is 0. The molecule has 90 valence electrons. The van der Waals surface area contributed by atoms with Crippen molar-refractivity contribution in [3.8, 4) is 0 Å². The minimum absolute atomic E-state index is 0.0718. The molecule has 0 spiro atoms. The number of amides is 1. The van der Waals surface area contributed by atoms with Gasteiger partial charge in [-0.3, -0.25) is 4.79 Å². The van der Waals surface area contributed by atoms with Gasteiger partial charge in [-0.1, -0.05) is 29.8 Å². The van der Waals surface area contributed by atoms with Gasteiger partial charge < -0.3 is 9.32 Å².